The fourth-order valence-electron chi connectivity index (χ4n) is 5.05. The van der Waals surface area contributed by atoms with E-state index in [1.54, 1.807) is 11.3 Å². The zero-order chi connectivity index (χ0) is 16.4. The molecule has 1 aromatic carbocycles. The molecule has 2 aromatic rings. The Bertz CT molecular complexity index is 859. The maximum Gasteiger partial charge on any atom is 0.160 e. The highest BCUT2D eigenvalue weighted by atomic mass is 32.1. The molecule has 0 radical (unpaired) electrons. The first-order valence-corrected chi connectivity index (χ1v) is 9.81. The molecule has 0 bridgehead atoms. The van der Waals surface area contributed by atoms with Gasteiger partial charge in [-0.2, -0.15) is 0 Å². The third kappa shape index (κ3) is 1.82. The van der Waals surface area contributed by atoms with Crippen molar-refractivity contribution in [3.8, 4) is 0 Å². The maximum atomic E-state index is 13.3. The van der Waals surface area contributed by atoms with Gasteiger partial charge in [-0.15, -0.1) is 11.3 Å². The molecule has 0 N–H and O–H groups in total. The second-order valence-electron chi connectivity index (χ2n) is 7.69. The SMILES string of the molecule is CCC1(c2ccccc2)C2=C(Cc3ncsc31)CC1(CC1)CC2=O. The molecule has 2 nitrogen and oxygen atoms in total. The van der Waals surface area contributed by atoms with Gasteiger partial charge in [-0.05, 0) is 36.7 Å². The van der Waals surface area contributed by atoms with Crippen LogP contribution in [0, 0.1) is 5.41 Å². The van der Waals surface area contributed by atoms with Gasteiger partial charge in [0.2, 0.25) is 0 Å². The smallest absolute Gasteiger partial charge is 0.160 e. The maximum absolute atomic E-state index is 13.3. The number of benzene rings is 1. The summed E-state index contributed by atoms with van der Waals surface area (Å²) in [4.78, 5) is 19.3. The van der Waals surface area contributed by atoms with Gasteiger partial charge < -0.3 is 0 Å². The number of nitrogens with zero attached hydrogens (tertiary/aromatic N) is 1. The standard InChI is InChI=1S/C21H21NOS/c1-2-21(15-6-4-3-5-7-15)18-14(10-16-19(21)24-13-22-16)11-20(8-9-20)12-17(18)23/h3-7,13H,2,8-12H2,1H3. The number of carbonyl (C=O) groups is 1. The molecule has 1 unspecified atom stereocenters. The molecule has 24 heavy (non-hydrogen) atoms. The van der Waals surface area contributed by atoms with Gasteiger partial charge in [0.25, 0.3) is 0 Å². The van der Waals surface area contributed by atoms with E-state index < -0.39 is 0 Å². The van der Waals surface area contributed by atoms with E-state index in [0.717, 1.165) is 31.3 Å². The van der Waals surface area contributed by atoms with Crippen LogP contribution in [0.1, 0.15) is 55.2 Å². The van der Waals surface area contributed by atoms with Crippen molar-refractivity contribution in [2.75, 3.05) is 0 Å². The van der Waals surface area contributed by atoms with E-state index in [4.69, 9.17) is 0 Å². The number of aromatic nitrogens is 1. The summed E-state index contributed by atoms with van der Waals surface area (Å²) in [6.07, 6.45) is 6.13. The topological polar surface area (TPSA) is 30.0 Å². The average molecular weight is 335 g/mol. The molecule has 0 amide bonds. The quantitative estimate of drug-likeness (QED) is 0.786. The number of Topliss-reactive ketones (excluding diaryl/α,β-unsaturated/α-hetero) is 1. The van der Waals surface area contributed by atoms with Crippen LogP contribution in [0.15, 0.2) is 47.0 Å². The van der Waals surface area contributed by atoms with Crippen LogP contribution < -0.4 is 0 Å². The minimum atomic E-state index is -0.279. The third-order valence-corrected chi connectivity index (χ3v) is 7.38. The van der Waals surface area contributed by atoms with Crippen molar-refractivity contribution < 1.29 is 4.79 Å². The number of allylic oxidation sites excluding steroid dienone is 2. The molecule has 1 aromatic heterocycles. The molecule has 1 fully saturated rings. The Morgan fingerprint density at radius 2 is 1.96 bits per heavy atom. The van der Waals surface area contributed by atoms with Gasteiger partial charge in [0.1, 0.15) is 0 Å². The van der Waals surface area contributed by atoms with E-state index >= 15 is 0 Å². The first-order chi connectivity index (χ1) is 11.7. The summed E-state index contributed by atoms with van der Waals surface area (Å²) in [6.45, 7) is 2.22. The third-order valence-electron chi connectivity index (χ3n) is 6.35. The molecule has 3 aliphatic rings. The lowest BCUT2D eigenvalue weighted by Gasteiger charge is -2.43. The Labute approximate surface area is 146 Å². The monoisotopic (exact) mass is 335 g/mol. The molecule has 0 saturated heterocycles. The van der Waals surface area contributed by atoms with Crippen LogP contribution in [-0.2, 0) is 16.6 Å². The highest BCUT2D eigenvalue weighted by molar-refractivity contribution is 7.10. The van der Waals surface area contributed by atoms with Crippen molar-refractivity contribution in [1.82, 2.24) is 4.98 Å². The van der Waals surface area contributed by atoms with Gasteiger partial charge >= 0.3 is 0 Å². The number of hydrogen-bond acceptors (Lipinski definition) is 3. The molecule has 1 saturated carbocycles. The van der Waals surface area contributed by atoms with Crippen molar-refractivity contribution in [2.45, 2.75) is 50.9 Å². The number of carbonyl (C=O) groups excluding carboxylic acids is 1. The predicted molar refractivity (Wildman–Crippen MR) is 96.3 cm³/mol. The van der Waals surface area contributed by atoms with Crippen LogP contribution in [0.5, 0.6) is 0 Å². The van der Waals surface area contributed by atoms with E-state index in [1.165, 1.54) is 34.5 Å². The Hall–Kier alpha value is -1.74. The lowest BCUT2D eigenvalue weighted by Crippen LogP contribution is -2.40. The second-order valence-corrected chi connectivity index (χ2v) is 8.54. The van der Waals surface area contributed by atoms with Crippen molar-refractivity contribution in [3.05, 3.63) is 63.1 Å². The zero-order valence-corrected chi connectivity index (χ0v) is 14.8. The molecule has 0 aliphatic heterocycles. The highest BCUT2D eigenvalue weighted by Gasteiger charge is 2.55. The second kappa shape index (κ2) is 4.89. The summed E-state index contributed by atoms with van der Waals surface area (Å²) in [7, 11) is 0. The Balaban J connectivity index is 1.80. The van der Waals surface area contributed by atoms with Crippen LogP contribution in [0.4, 0.5) is 0 Å². The van der Waals surface area contributed by atoms with Crippen molar-refractivity contribution in [2.24, 2.45) is 5.41 Å². The molecular weight excluding hydrogens is 314 g/mol. The molecule has 3 heteroatoms. The van der Waals surface area contributed by atoms with Crippen LogP contribution in [0.25, 0.3) is 0 Å². The molecule has 122 valence electrons. The number of ketones is 1. The van der Waals surface area contributed by atoms with E-state index in [-0.39, 0.29) is 5.41 Å². The van der Waals surface area contributed by atoms with Gasteiger partial charge in [-0.1, -0.05) is 42.8 Å². The van der Waals surface area contributed by atoms with E-state index in [9.17, 15) is 4.79 Å². The highest BCUT2D eigenvalue weighted by Crippen LogP contribution is 2.61. The van der Waals surface area contributed by atoms with Crippen molar-refractivity contribution in [1.29, 1.82) is 0 Å². The Morgan fingerprint density at radius 3 is 2.67 bits per heavy atom. The molecule has 1 heterocycles. The average Bonchev–Trinajstić information content (AvgIpc) is 3.15. The summed E-state index contributed by atoms with van der Waals surface area (Å²) < 4.78 is 0. The number of fused-ring (bicyclic) bond motifs is 1. The fraction of sp³-hybridized carbons (Fsp3) is 0.429. The molecular formula is C21H21NOS. The molecule has 1 spiro atoms. The lowest BCUT2D eigenvalue weighted by atomic mass is 9.60. The normalized spacial score (nSPS) is 27.1. The van der Waals surface area contributed by atoms with E-state index in [0.29, 0.717) is 11.2 Å². The van der Waals surface area contributed by atoms with Gasteiger partial charge in [-0.3, -0.25) is 4.79 Å². The largest absolute Gasteiger partial charge is 0.294 e. The van der Waals surface area contributed by atoms with Gasteiger partial charge in [0, 0.05) is 23.3 Å². The Morgan fingerprint density at radius 1 is 1.17 bits per heavy atom. The van der Waals surface area contributed by atoms with Crippen LogP contribution in [-0.4, -0.2) is 10.8 Å². The summed E-state index contributed by atoms with van der Waals surface area (Å²) in [5.74, 6) is 0.401. The van der Waals surface area contributed by atoms with E-state index in [1.807, 2.05) is 5.51 Å². The first kappa shape index (κ1) is 14.6. The number of rotatable bonds is 2. The van der Waals surface area contributed by atoms with Crippen LogP contribution in [0.2, 0.25) is 0 Å². The molecule has 5 rings (SSSR count). The lowest BCUT2D eigenvalue weighted by molar-refractivity contribution is -0.118. The summed E-state index contributed by atoms with van der Waals surface area (Å²) in [5, 5.41) is 0. The Kier molecular flexibility index (Phi) is 2.97. The van der Waals surface area contributed by atoms with Gasteiger partial charge in [0.15, 0.2) is 5.78 Å². The molecule has 1 atom stereocenters. The summed E-state index contributed by atoms with van der Waals surface area (Å²) >= 11 is 1.73. The summed E-state index contributed by atoms with van der Waals surface area (Å²) in [6, 6.07) is 10.6. The zero-order valence-electron chi connectivity index (χ0n) is 14.0. The minimum absolute atomic E-state index is 0.279. The fourth-order valence-corrected chi connectivity index (χ4v) is 6.16. The first-order valence-electron chi connectivity index (χ1n) is 8.93. The number of thiazole rings is 1. The van der Waals surface area contributed by atoms with Crippen LogP contribution >= 0.6 is 11.3 Å². The summed E-state index contributed by atoms with van der Waals surface area (Å²) in [5.41, 5.74) is 6.95. The molecule has 3 aliphatic carbocycles. The van der Waals surface area contributed by atoms with Gasteiger partial charge in [-0.25, -0.2) is 4.98 Å². The van der Waals surface area contributed by atoms with E-state index in [2.05, 4.69) is 42.2 Å². The minimum Gasteiger partial charge on any atom is -0.294 e. The van der Waals surface area contributed by atoms with Crippen molar-refractivity contribution in [3.63, 3.8) is 0 Å². The van der Waals surface area contributed by atoms with Crippen molar-refractivity contribution >= 4 is 17.1 Å². The van der Waals surface area contributed by atoms with Crippen LogP contribution in [0.3, 0.4) is 0 Å². The predicted octanol–water partition coefficient (Wildman–Crippen LogP) is 4.84. The number of hydrogen-bond donors (Lipinski definition) is 0. The van der Waals surface area contributed by atoms with Gasteiger partial charge in [0.05, 0.1) is 16.6 Å².